The van der Waals surface area contributed by atoms with E-state index in [1.807, 2.05) is 24.3 Å². The number of allylic oxidation sites excluding steroid dienone is 1. The van der Waals surface area contributed by atoms with E-state index in [-0.39, 0.29) is 35.9 Å². The van der Waals surface area contributed by atoms with Gasteiger partial charge in [0.05, 0.1) is 5.56 Å². The summed E-state index contributed by atoms with van der Waals surface area (Å²) in [6.07, 6.45) is 4.74. The molecule has 0 N–H and O–H groups in total. The van der Waals surface area contributed by atoms with E-state index in [4.69, 9.17) is 14.2 Å². The van der Waals surface area contributed by atoms with Crippen molar-refractivity contribution in [3.63, 3.8) is 0 Å². The molecule has 3 aliphatic carbocycles. The van der Waals surface area contributed by atoms with E-state index in [0.29, 0.717) is 5.56 Å². The van der Waals surface area contributed by atoms with Gasteiger partial charge in [0, 0.05) is 17.8 Å². The van der Waals surface area contributed by atoms with E-state index in [9.17, 15) is 9.59 Å². The zero-order valence-corrected chi connectivity index (χ0v) is 12.4. The standard InChI is InChI=1S/C18H16O5/c19-16(10-5-2-1-3-6-10)23-18-8-4-7-12(18)11-9-13(18)15-14(11)21-17(20)22-15/h1-6,8,11-15H,7,9H2/t11-,12-,13-,14-,15+,18+/m1/s1. The summed E-state index contributed by atoms with van der Waals surface area (Å²) >= 11 is 0. The van der Waals surface area contributed by atoms with Crippen LogP contribution in [-0.4, -0.2) is 29.9 Å². The Morgan fingerprint density at radius 1 is 1.13 bits per heavy atom. The maximum Gasteiger partial charge on any atom is 0.509 e. The Balaban J connectivity index is 1.48. The Bertz CT molecular complexity index is 711. The monoisotopic (exact) mass is 312 g/mol. The highest BCUT2D eigenvalue weighted by Crippen LogP contribution is 2.63. The molecule has 0 radical (unpaired) electrons. The molecule has 1 heterocycles. The summed E-state index contributed by atoms with van der Waals surface area (Å²) in [5.41, 5.74) is -0.118. The Kier molecular flexibility index (Phi) is 2.50. The van der Waals surface area contributed by atoms with Gasteiger partial charge in [-0.3, -0.25) is 0 Å². The normalized spacial score (nSPS) is 42.1. The van der Waals surface area contributed by atoms with Crippen molar-refractivity contribution >= 4 is 12.1 Å². The predicted octanol–water partition coefficient (Wildman–Crippen LogP) is 2.71. The second-order valence-electron chi connectivity index (χ2n) is 6.77. The van der Waals surface area contributed by atoms with Gasteiger partial charge in [-0.05, 0) is 31.1 Å². The molecule has 0 aromatic heterocycles. The second kappa shape index (κ2) is 4.37. The van der Waals surface area contributed by atoms with E-state index in [0.717, 1.165) is 12.8 Å². The first-order valence-electron chi connectivity index (χ1n) is 8.02. The molecule has 1 aromatic carbocycles. The molecule has 5 nitrogen and oxygen atoms in total. The molecule has 5 rings (SSSR count). The summed E-state index contributed by atoms with van der Waals surface area (Å²) in [6, 6.07) is 9.01. The number of rotatable bonds is 2. The lowest BCUT2D eigenvalue weighted by Crippen LogP contribution is -2.52. The number of ether oxygens (including phenoxy) is 3. The summed E-state index contributed by atoms with van der Waals surface area (Å²) in [5.74, 6) is 0.0442. The van der Waals surface area contributed by atoms with Gasteiger partial charge in [-0.25, -0.2) is 9.59 Å². The van der Waals surface area contributed by atoms with Gasteiger partial charge in [0.2, 0.25) is 0 Å². The number of carbonyl (C=O) groups excluding carboxylic acids is 2. The van der Waals surface area contributed by atoms with E-state index in [1.54, 1.807) is 12.1 Å². The van der Waals surface area contributed by atoms with E-state index >= 15 is 0 Å². The molecule has 5 heteroatoms. The minimum Gasteiger partial charge on any atom is -0.450 e. The molecule has 1 aliphatic heterocycles. The molecule has 1 aromatic rings. The van der Waals surface area contributed by atoms with Gasteiger partial charge in [0.25, 0.3) is 0 Å². The van der Waals surface area contributed by atoms with Crippen LogP contribution < -0.4 is 0 Å². The van der Waals surface area contributed by atoms with Crippen molar-refractivity contribution in [1.82, 2.24) is 0 Å². The maximum absolute atomic E-state index is 12.6. The van der Waals surface area contributed by atoms with Crippen molar-refractivity contribution in [2.24, 2.45) is 17.8 Å². The zero-order valence-electron chi connectivity index (χ0n) is 12.4. The predicted molar refractivity (Wildman–Crippen MR) is 78.6 cm³/mol. The molecule has 23 heavy (non-hydrogen) atoms. The second-order valence-corrected chi connectivity index (χ2v) is 6.77. The van der Waals surface area contributed by atoms with Crippen LogP contribution in [0.4, 0.5) is 4.79 Å². The van der Waals surface area contributed by atoms with Crippen LogP contribution in [0.25, 0.3) is 0 Å². The third-order valence-electron chi connectivity index (χ3n) is 5.86. The van der Waals surface area contributed by atoms with Crippen LogP contribution in [0.15, 0.2) is 42.5 Å². The van der Waals surface area contributed by atoms with Crippen LogP contribution >= 0.6 is 0 Å². The van der Waals surface area contributed by atoms with Gasteiger partial charge in [-0.1, -0.05) is 24.3 Å². The molecule has 4 aliphatic rings. The van der Waals surface area contributed by atoms with Crippen LogP contribution in [0, 0.1) is 17.8 Å². The van der Waals surface area contributed by atoms with Gasteiger partial charge < -0.3 is 14.2 Å². The average molecular weight is 312 g/mol. The smallest absolute Gasteiger partial charge is 0.450 e. The number of fused-ring (bicyclic) bond motifs is 8. The third-order valence-corrected chi connectivity index (χ3v) is 5.86. The highest BCUT2D eigenvalue weighted by atomic mass is 16.8. The van der Waals surface area contributed by atoms with Crippen molar-refractivity contribution in [2.75, 3.05) is 0 Å². The van der Waals surface area contributed by atoms with Crippen molar-refractivity contribution in [3.05, 3.63) is 48.0 Å². The lowest BCUT2D eigenvalue weighted by atomic mass is 9.74. The summed E-state index contributed by atoms with van der Waals surface area (Å²) < 4.78 is 16.7. The molecule has 1 saturated heterocycles. The topological polar surface area (TPSA) is 61.8 Å². The fraction of sp³-hybridized carbons (Fsp3) is 0.444. The summed E-state index contributed by atoms with van der Waals surface area (Å²) in [7, 11) is 0. The molecule has 6 atom stereocenters. The Morgan fingerprint density at radius 2 is 1.91 bits per heavy atom. The first kappa shape index (κ1) is 13.2. The number of benzene rings is 1. The molecule has 0 amide bonds. The molecular weight excluding hydrogens is 296 g/mol. The minimum absolute atomic E-state index is 0.0136. The fourth-order valence-corrected chi connectivity index (χ4v) is 5.02. The molecule has 0 spiro atoms. The van der Waals surface area contributed by atoms with Crippen LogP contribution in [0.3, 0.4) is 0 Å². The first-order valence-corrected chi connectivity index (χ1v) is 8.02. The van der Waals surface area contributed by atoms with Crippen LogP contribution in [0.5, 0.6) is 0 Å². The largest absolute Gasteiger partial charge is 0.509 e. The highest BCUT2D eigenvalue weighted by Gasteiger charge is 2.72. The number of hydrogen-bond donors (Lipinski definition) is 0. The van der Waals surface area contributed by atoms with Crippen molar-refractivity contribution in [1.29, 1.82) is 0 Å². The SMILES string of the molecule is O=C1O[C@@H]2[C@@H]3C[C@H]([C@@H]2O1)[C@]1(OC(=O)c2ccccc2)C=CC[C@H]31. The Hall–Kier alpha value is -2.30. The zero-order chi connectivity index (χ0) is 15.6. The number of carbonyl (C=O) groups is 2. The fourth-order valence-electron chi connectivity index (χ4n) is 5.02. The van der Waals surface area contributed by atoms with Crippen LogP contribution in [-0.2, 0) is 14.2 Å². The molecule has 2 bridgehead atoms. The van der Waals surface area contributed by atoms with Crippen LogP contribution in [0.2, 0.25) is 0 Å². The van der Waals surface area contributed by atoms with E-state index in [1.165, 1.54) is 0 Å². The summed E-state index contributed by atoms with van der Waals surface area (Å²) in [5, 5.41) is 0. The quantitative estimate of drug-likeness (QED) is 0.620. The highest BCUT2D eigenvalue weighted by molar-refractivity contribution is 5.89. The molecular formula is C18H16O5. The molecule has 118 valence electrons. The number of hydrogen-bond acceptors (Lipinski definition) is 5. The van der Waals surface area contributed by atoms with Crippen molar-refractivity contribution < 1.29 is 23.8 Å². The molecule has 3 fully saturated rings. The molecule has 0 unspecified atom stereocenters. The van der Waals surface area contributed by atoms with Gasteiger partial charge in [0.1, 0.15) is 17.8 Å². The van der Waals surface area contributed by atoms with Crippen molar-refractivity contribution in [2.45, 2.75) is 30.7 Å². The number of esters is 1. The Morgan fingerprint density at radius 3 is 2.74 bits per heavy atom. The van der Waals surface area contributed by atoms with Gasteiger partial charge in [-0.15, -0.1) is 0 Å². The third kappa shape index (κ3) is 1.62. The van der Waals surface area contributed by atoms with E-state index in [2.05, 4.69) is 6.08 Å². The maximum atomic E-state index is 12.6. The Labute approximate surface area is 133 Å². The summed E-state index contributed by atoms with van der Waals surface area (Å²) in [6.45, 7) is 0. The van der Waals surface area contributed by atoms with E-state index < -0.39 is 11.8 Å². The van der Waals surface area contributed by atoms with Gasteiger partial charge in [0.15, 0.2) is 0 Å². The average Bonchev–Trinajstić information content (AvgIpc) is 3.25. The van der Waals surface area contributed by atoms with Crippen LogP contribution in [0.1, 0.15) is 23.2 Å². The summed E-state index contributed by atoms with van der Waals surface area (Å²) in [4.78, 5) is 24.0. The lowest BCUT2D eigenvalue weighted by molar-refractivity contribution is -0.0844. The molecule has 2 saturated carbocycles. The van der Waals surface area contributed by atoms with Crippen molar-refractivity contribution in [3.8, 4) is 0 Å². The van der Waals surface area contributed by atoms with Gasteiger partial charge >= 0.3 is 12.1 Å². The minimum atomic E-state index is -0.660. The lowest BCUT2D eigenvalue weighted by Gasteiger charge is -2.41. The van der Waals surface area contributed by atoms with Gasteiger partial charge in [-0.2, -0.15) is 0 Å². The first-order chi connectivity index (χ1) is 11.2.